The standard InChI is InChI=1S/C15H23N3O2S/c1-12-16-14(11-21-12)9-17-4-2-5-18(7-6-17)15(19)13-3-8-20-10-13/h11,13H,2-10H2,1H3/t13-/m0/s1. The lowest BCUT2D eigenvalue weighted by molar-refractivity contribution is -0.135. The minimum atomic E-state index is 0.0951. The summed E-state index contributed by atoms with van der Waals surface area (Å²) in [5, 5.41) is 3.26. The Morgan fingerprint density at radius 2 is 2.33 bits per heavy atom. The first kappa shape index (κ1) is 14.9. The second-order valence-electron chi connectivity index (χ2n) is 5.87. The molecule has 1 atom stereocenters. The van der Waals surface area contributed by atoms with E-state index >= 15 is 0 Å². The van der Waals surface area contributed by atoms with Crippen LogP contribution in [0.2, 0.25) is 0 Å². The summed E-state index contributed by atoms with van der Waals surface area (Å²) in [7, 11) is 0. The van der Waals surface area contributed by atoms with Crippen molar-refractivity contribution in [3.05, 3.63) is 16.1 Å². The number of hydrogen-bond donors (Lipinski definition) is 0. The van der Waals surface area contributed by atoms with Crippen molar-refractivity contribution in [1.82, 2.24) is 14.8 Å². The molecule has 5 nitrogen and oxygen atoms in total. The molecule has 0 saturated carbocycles. The number of aryl methyl sites for hydroxylation is 1. The number of carbonyl (C=O) groups is 1. The molecule has 0 radical (unpaired) electrons. The summed E-state index contributed by atoms with van der Waals surface area (Å²) in [6.07, 6.45) is 1.93. The average molecular weight is 309 g/mol. The van der Waals surface area contributed by atoms with E-state index in [1.54, 1.807) is 11.3 Å². The van der Waals surface area contributed by atoms with E-state index in [0.717, 1.165) is 62.9 Å². The van der Waals surface area contributed by atoms with Crippen LogP contribution in [0.4, 0.5) is 0 Å². The molecule has 0 aromatic carbocycles. The lowest BCUT2D eigenvalue weighted by atomic mass is 10.1. The highest BCUT2D eigenvalue weighted by Gasteiger charge is 2.29. The molecule has 21 heavy (non-hydrogen) atoms. The fraction of sp³-hybridized carbons (Fsp3) is 0.733. The molecule has 2 saturated heterocycles. The third kappa shape index (κ3) is 3.81. The van der Waals surface area contributed by atoms with Crippen LogP contribution in [-0.2, 0) is 16.1 Å². The van der Waals surface area contributed by atoms with E-state index in [2.05, 4.69) is 15.3 Å². The largest absolute Gasteiger partial charge is 0.381 e. The van der Waals surface area contributed by atoms with Crippen LogP contribution >= 0.6 is 11.3 Å². The highest BCUT2D eigenvalue weighted by atomic mass is 32.1. The van der Waals surface area contributed by atoms with Gasteiger partial charge in [0, 0.05) is 44.7 Å². The van der Waals surface area contributed by atoms with E-state index in [1.807, 2.05) is 11.8 Å². The Balaban J connectivity index is 1.52. The normalized spacial score (nSPS) is 24.2. The summed E-state index contributed by atoms with van der Waals surface area (Å²) in [4.78, 5) is 21.4. The minimum Gasteiger partial charge on any atom is -0.381 e. The van der Waals surface area contributed by atoms with Gasteiger partial charge in [-0.05, 0) is 19.8 Å². The number of aromatic nitrogens is 1. The van der Waals surface area contributed by atoms with E-state index in [1.165, 1.54) is 0 Å². The second-order valence-corrected chi connectivity index (χ2v) is 6.94. The smallest absolute Gasteiger partial charge is 0.228 e. The Hall–Kier alpha value is -0.980. The molecule has 0 spiro atoms. The van der Waals surface area contributed by atoms with Crippen molar-refractivity contribution in [3.63, 3.8) is 0 Å². The molecule has 2 fully saturated rings. The summed E-state index contributed by atoms with van der Waals surface area (Å²) in [5.41, 5.74) is 1.15. The van der Waals surface area contributed by atoms with Crippen molar-refractivity contribution < 1.29 is 9.53 Å². The fourth-order valence-corrected chi connectivity index (χ4v) is 3.65. The molecule has 6 heteroatoms. The molecule has 116 valence electrons. The van der Waals surface area contributed by atoms with Gasteiger partial charge in [-0.25, -0.2) is 4.98 Å². The molecule has 3 heterocycles. The highest BCUT2D eigenvalue weighted by molar-refractivity contribution is 7.09. The van der Waals surface area contributed by atoms with Gasteiger partial charge in [0.05, 0.1) is 23.2 Å². The molecule has 1 aromatic rings. The Bertz CT molecular complexity index is 485. The van der Waals surface area contributed by atoms with Gasteiger partial charge in [-0.3, -0.25) is 9.69 Å². The van der Waals surface area contributed by atoms with Gasteiger partial charge in [0.25, 0.3) is 0 Å². The van der Waals surface area contributed by atoms with Crippen molar-refractivity contribution in [1.29, 1.82) is 0 Å². The summed E-state index contributed by atoms with van der Waals surface area (Å²) in [6.45, 7) is 7.98. The van der Waals surface area contributed by atoms with Crippen LogP contribution < -0.4 is 0 Å². The molecule has 3 rings (SSSR count). The van der Waals surface area contributed by atoms with Crippen LogP contribution in [-0.4, -0.2) is 60.1 Å². The molecule has 0 aliphatic carbocycles. The molecular weight excluding hydrogens is 286 g/mol. The first-order valence-electron chi connectivity index (χ1n) is 7.72. The average Bonchev–Trinajstić information content (AvgIpc) is 3.08. The number of amides is 1. The predicted molar refractivity (Wildman–Crippen MR) is 82.3 cm³/mol. The Morgan fingerprint density at radius 1 is 1.43 bits per heavy atom. The maximum atomic E-state index is 12.4. The van der Waals surface area contributed by atoms with Gasteiger partial charge in [0.15, 0.2) is 0 Å². The maximum Gasteiger partial charge on any atom is 0.228 e. The zero-order valence-electron chi connectivity index (χ0n) is 12.6. The van der Waals surface area contributed by atoms with Gasteiger partial charge < -0.3 is 9.64 Å². The SMILES string of the molecule is Cc1nc(CN2CCCN(C(=O)[C@H]3CCOC3)CC2)cs1. The number of thiazole rings is 1. The van der Waals surface area contributed by atoms with Gasteiger partial charge in [-0.15, -0.1) is 11.3 Å². The van der Waals surface area contributed by atoms with E-state index in [4.69, 9.17) is 4.74 Å². The molecule has 0 unspecified atom stereocenters. The van der Waals surface area contributed by atoms with Gasteiger partial charge in [0.1, 0.15) is 0 Å². The van der Waals surface area contributed by atoms with Gasteiger partial charge in [-0.1, -0.05) is 0 Å². The van der Waals surface area contributed by atoms with Crippen molar-refractivity contribution in [2.45, 2.75) is 26.3 Å². The van der Waals surface area contributed by atoms with Crippen LogP contribution in [0.5, 0.6) is 0 Å². The van der Waals surface area contributed by atoms with Gasteiger partial charge >= 0.3 is 0 Å². The van der Waals surface area contributed by atoms with Crippen molar-refractivity contribution in [2.75, 3.05) is 39.4 Å². The highest BCUT2D eigenvalue weighted by Crippen LogP contribution is 2.18. The first-order chi connectivity index (χ1) is 10.2. The minimum absolute atomic E-state index is 0.0951. The monoisotopic (exact) mass is 309 g/mol. The maximum absolute atomic E-state index is 12.4. The first-order valence-corrected chi connectivity index (χ1v) is 8.60. The zero-order valence-corrected chi connectivity index (χ0v) is 13.4. The number of ether oxygens (including phenoxy) is 1. The lowest BCUT2D eigenvalue weighted by Crippen LogP contribution is -2.39. The number of hydrogen-bond acceptors (Lipinski definition) is 5. The third-order valence-electron chi connectivity index (χ3n) is 4.23. The van der Waals surface area contributed by atoms with E-state index in [0.29, 0.717) is 12.5 Å². The van der Waals surface area contributed by atoms with E-state index < -0.39 is 0 Å². The molecule has 1 aromatic heterocycles. The summed E-state index contributed by atoms with van der Waals surface area (Å²) < 4.78 is 5.34. The lowest BCUT2D eigenvalue weighted by Gasteiger charge is -2.23. The number of rotatable bonds is 3. The number of carbonyl (C=O) groups excluding carboxylic acids is 1. The molecule has 2 aliphatic rings. The van der Waals surface area contributed by atoms with Crippen LogP contribution in [0, 0.1) is 12.8 Å². The van der Waals surface area contributed by atoms with E-state index in [9.17, 15) is 4.79 Å². The summed E-state index contributed by atoms with van der Waals surface area (Å²) in [6, 6.07) is 0. The Kier molecular flexibility index (Phi) is 4.87. The Morgan fingerprint density at radius 3 is 3.05 bits per heavy atom. The Labute approximate surface area is 129 Å². The summed E-state index contributed by atoms with van der Waals surface area (Å²) in [5.74, 6) is 0.386. The molecular formula is C15H23N3O2S. The van der Waals surface area contributed by atoms with Crippen LogP contribution in [0.25, 0.3) is 0 Å². The fourth-order valence-electron chi connectivity index (χ4n) is 3.05. The quantitative estimate of drug-likeness (QED) is 0.849. The molecule has 0 bridgehead atoms. The number of nitrogens with zero attached hydrogens (tertiary/aromatic N) is 3. The van der Waals surface area contributed by atoms with Crippen LogP contribution in [0.3, 0.4) is 0 Å². The molecule has 1 amide bonds. The summed E-state index contributed by atoms with van der Waals surface area (Å²) >= 11 is 1.70. The predicted octanol–water partition coefficient (Wildman–Crippen LogP) is 1.52. The second kappa shape index (κ2) is 6.85. The van der Waals surface area contributed by atoms with E-state index in [-0.39, 0.29) is 5.92 Å². The molecule has 2 aliphatic heterocycles. The molecule has 0 N–H and O–H groups in total. The van der Waals surface area contributed by atoms with Crippen molar-refractivity contribution in [2.24, 2.45) is 5.92 Å². The zero-order chi connectivity index (χ0) is 14.7. The van der Waals surface area contributed by atoms with Crippen LogP contribution in [0.15, 0.2) is 5.38 Å². The third-order valence-corrected chi connectivity index (χ3v) is 5.05. The van der Waals surface area contributed by atoms with Gasteiger partial charge in [0.2, 0.25) is 5.91 Å². The topological polar surface area (TPSA) is 45.7 Å². The van der Waals surface area contributed by atoms with Crippen molar-refractivity contribution >= 4 is 17.2 Å². The van der Waals surface area contributed by atoms with Crippen molar-refractivity contribution in [3.8, 4) is 0 Å². The van der Waals surface area contributed by atoms with Crippen LogP contribution in [0.1, 0.15) is 23.5 Å². The van der Waals surface area contributed by atoms with Gasteiger partial charge in [-0.2, -0.15) is 0 Å².